The van der Waals surface area contributed by atoms with Crippen molar-refractivity contribution in [3.8, 4) is 11.4 Å². The Hall–Kier alpha value is -1.70. The molecule has 0 aliphatic carbocycles. The van der Waals surface area contributed by atoms with Gasteiger partial charge in [0, 0.05) is 18.8 Å². The highest BCUT2D eigenvalue weighted by Crippen LogP contribution is 2.41. The normalized spacial score (nSPS) is 21.1. The fraction of sp³-hybridized carbons (Fsp3) is 0.471. The van der Waals surface area contributed by atoms with Crippen molar-refractivity contribution >= 4 is 22.9 Å². The number of halogens is 1. The predicted octanol–water partition coefficient (Wildman–Crippen LogP) is 4.86. The molecule has 0 bridgehead atoms. The molecular weight excluding hydrogens is 360 g/mol. The predicted molar refractivity (Wildman–Crippen MR) is 95.9 cm³/mol. The highest BCUT2D eigenvalue weighted by Gasteiger charge is 2.35. The van der Waals surface area contributed by atoms with Crippen molar-refractivity contribution in [2.75, 3.05) is 6.61 Å². The van der Waals surface area contributed by atoms with Crippen molar-refractivity contribution in [1.29, 1.82) is 0 Å². The van der Waals surface area contributed by atoms with Gasteiger partial charge in [0.2, 0.25) is 11.7 Å². The summed E-state index contributed by atoms with van der Waals surface area (Å²) in [4.78, 5) is 4.61. The molecule has 1 fully saturated rings. The van der Waals surface area contributed by atoms with Crippen molar-refractivity contribution < 1.29 is 9.26 Å². The highest BCUT2D eigenvalue weighted by atomic mass is 35.5. The van der Waals surface area contributed by atoms with Crippen LogP contribution in [-0.2, 0) is 4.74 Å². The molecule has 0 spiro atoms. The average molecular weight is 379 g/mol. The summed E-state index contributed by atoms with van der Waals surface area (Å²) in [7, 11) is 0. The van der Waals surface area contributed by atoms with Crippen molar-refractivity contribution in [3.63, 3.8) is 0 Å². The van der Waals surface area contributed by atoms with Gasteiger partial charge in [0.1, 0.15) is 10.4 Å². The van der Waals surface area contributed by atoms with Crippen LogP contribution in [0.5, 0.6) is 0 Å². The molecule has 0 aromatic carbocycles. The van der Waals surface area contributed by atoms with Gasteiger partial charge in [-0.2, -0.15) is 10.1 Å². The van der Waals surface area contributed by atoms with Gasteiger partial charge in [-0.3, -0.25) is 4.68 Å². The first-order chi connectivity index (χ1) is 12.1. The van der Waals surface area contributed by atoms with Gasteiger partial charge >= 0.3 is 0 Å². The summed E-state index contributed by atoms with van der Waals surface area (Å²) >= 11 is 7.65. The number of hydrogen-bond donors (Lipinski definition) is 0. The first-order valence-electron chi connectivity index (χ1n) is 8.37. The standard InChI is InChI=1S/C17H19ClN4O2S/c1-10(2)22-13(5-7-19-22)14-11(4-3-8-23-14)17-20-16(21-24-17)12-6-9-25-15(12)18/h5-7,9-11,14H,3-4,8H2,1-2H3/t11-,14-/m1/s1. The van der Waals surface area contributed by atoms with E-state index >= 15 is 0 Å². The third kappa shape index (κ3) is 3.12. The Morgan fingerprint density at radius 1 is 1.36 bits per heavy atom. The first kappa shape index (κ1) is 16.8. The average Bonchev–Trinajstić information content (AvgIpc) is 3.34. The van der Waals surface area contributed by atoms with E-state index in [-0.39, 0.29) is 18.1 Å². The molecule has 1 saturated heterocycles. The van der Waals surface area contributed by atoms with E-state index in [2.05, 4.69) is 29.1 Å². The smallest absolute Gasteiger partial charge is 0.233 e. The zero-order valence-corrected chi connectivity index (χ0v) is 15.6. The summed E-state index contributed by atoms with van der Waals surface area (Å²) in [5.74, 6) is 1.14. The fourth-order valence-corrected chi connectivity index (χ4v) is 4.17. The second-order valence-corrected chi connectivity index (χ2v) is 7.92. The number of nitrogens with zero attached hydrogens (tertiary/aromatic N) is 4. The lowest BCUT2D eigenvalue weighted by molar-refractivity contribution is -0.0159. The molecule has 4 rings (SSSR count). The molecule has 25 heavy (non-hydrogen) atoms. The largest absolute Gasteiger partial charge is 0.371 e. The lowest BCUT2D eigenvalue weighted by atomic mass is 9.92. The van der Waals surface area contributed by atoms with Crippen LogP contribution in [0.4, 0.5) is 0 Å². The van der Waals surface area contributed by atoms with E-state index in [1.165, 1.54) is 11.3 Å². The molecule has 132 valence electrons. The van der Waals surface area contributed by atoms with Gasteiger partial charge in [0.15, 0.2) is 0 Å². The van der Waals surface area contributed by atoms with E-state index in [1.807, 2.05) is 28.4 Å². The molecule has 0 N–H and O–H groups in total. The van der Waals surface area contributed by atoms with Crippen molar-refractivity contribution in [2.24, 2.45) is 0 Å². The van der Waals surface area contributed by atoms with Crippen LogP contribution in [0.15, 0.2) is 28.2 Å². The van der Waals surface area contributed by atoms with Crippen molar-refractivity contribution in [1.82, 2.24) is 19.9 Å². The van der Waals surface area contributed by atoms with Crippen LogP contribution in [0.2, 0.25) is 4.34 Å². The lowest BCUT2D eigenvalue weighted by Gasteiger charge is -2.30. The second kappa shape index (κ2) is 6.90. The van der Waals surface area contributed by atoms with E-state index in [4.69, 9.17) is 20.9 Å². The van der Waals surface area contributed by atoms with Crippen molar-refractivity contribution in [2.45, 2.75) is 44.8 Å². The van der Waals surface area contributed by atoms with Gasteiger partial charge in [0.05, 0.1) is 17.2 Å². The van der Waals surface area contributed by atoms with Crippen LogP contribution in [0.25, 0.3) is 11.4 Å². The van der Waals surface area contributed by atoms with E-state index < -0.39 is 0 Å². The number of thiophene rings is 1. The van der Waals surface area contributed by atoms with E-state index in [0.717, 1.165) is 30.7 Å². The number of ether oxygens (including phenoxy) is 1. The molecule has 1 aliphatic rings. The number of hydrogen-bond acceptors (Lipinski definition) is 6. The number of rotatable bonds is 4. The van der Waals surface area contributed by atoms with Crippen LogP contribution in [0.3, 0.4) is 0 Å². The Kier molecular flexibility index (Phi) is 4.62. The van der Waals surface area contributed by atoms with E-state index in [0.29, 0.717) is 16.1 Å². The van der Waals surface area contributed by atoms with E-state index in [1.54, 1.807) is 0 Å². The minimum absolute atomic E-state index is 0.0154. The molecule has 2 atom stereocenters. The maximum absolute atomic E-state index is 6.20. The third-order valence-corrected chi connectivity index (χ3v) is 5.59. The lowest BCUT2D eigenvalue weighted by Crippen LogP contribution is -2.24. The maximum Gasteiger partial charge on any atom is 0.233 e. The monoisotopic (exact) mass is 378 g/mol. The van der Waals surface area contributed by atoms with Gasteiger partial charge in [-0.15, -0.1) is 11.3 Å². The van der Waals surface area contributed by atoms with Crippen LogP contribution >= 0.6 is 22.9 Å². The van der Waals surface area contributed by atoms with Gasteiger partial charge in [0.25, 0.3) is 0 Å². The molecule has 3 aromatic heterocycles. The Bertz CT molecular complexity index is 856. The summed E-state index contributed by atoms with van der Waals surface area (Å²) in [5, 5.41) is 10.5. The minimum Gasteiger partial charge on any atom is -0.371 e. The van der Waals surface area contributed by atoms with Gasteiger partial charge in [-0.05, 0) is 44.2 Å². The third-order valence-electron chi connectivity index (χ3n) is 4.42. The molecule has 0 amide bonds. The quantitative estimate of drug-likeness (QED) is 0.648. The Balaban J connectivity index is 1.67. The molecule has 4 heterocycles. The fourth-order valence-electron chi connectivity index (χ4n) is 3.26. The summed E-state index contributed by atoms with van der Waals surface area (Å²) in [6, 6.07) is 4.18. The molecule has 8 heteroatoms. The van der Waals surface area contributed by atoms with Gasteiger partial charge in [-0.1, -0.05) is 16.8 Å². The first-order valence-corrected chi connectivity index (χ1v) is 9.63. The molecule has 0 unspecified atom stereocenters. The van der Waals surface area contributed by atoms with Crippen LogP contribution in [0, 0.1) is 0 Å². The highest BCUT2D eigenvalue weighted by molar-refractivity contribution is 7.15. The SMILES string of the molecule is CC(C)n1nccc1[C@@H]1OCCC[C@H]1c1nc(-c2ccsc2Cl)no1. The topological polar surface area (TPSA) is 66.0 Å². The molecule has 1 aliphatic heterocycles. The van der Waals surface area contributed by atoms with Gasteiger partial charge in [-0.25, -0.2) is 0 Å². The van der Waals surface area contributed by atoms with E-state index in [9.17, 15) is 0 Å². The maximum atomic E-state index is 6.20. The summed E-state index contributed by atoms with van der Waals surface area (Å²) in [6.45, 7) is 4.94. The molecule has 0 radical (unpaired) electrons. The molecule has 0 saturated carbocycles. The Labute approximate surface area is 154 Å². The minimum atomic E-state index is -0.134. The molecule has 6 nitrogen and oxygen atoms in total. The Morgan fingerprint density at radius 2 is 2.24 bits per heavy atom. The summed E-state index contributed by atoms with van der Waals surface area (Å²) in [5.41, 5.74) is 1.86. The zero-order valence-electron chi connectivity index (χ0n) is 14.1. The molecular formula is C17H19ClN4O2S. The Morgan fingerprint density at radius 3 is 3.00 bits per heavy atom. The molecule has 3 aromatic rings. The summed E-state index contributed by atoms with van der Waals surface area (Å²) in [6.07, 6.45) is 3.58. The van der Waals surface area contributed by atoms with Crippen LogP contribution in [0.1, 0.15) is 56.3 Å². The summed E-state index contributed by atoms with van der Waals surface area (Å²) < 4.78 is 14.3. The van der Waals surface area contributed by atoms with Crippen LogP contribution < -0.4 is 0 Å². The second-order valence-electron chi connectivity index (χ2n) is 6.40. The van der Waals surface area contributed by atoms with Crippen LogP contribution in [-0.4, -0.2) is 26.5 Å². The number of aromatic nitrogens is 4. The van der Waals surface area contributed by atoms with Crippen molar-refractivity contribution in [3.05, 3.63) is 39.6 Å². The van der Waals surface area contributed by atoms with Gasteiger partial charge < -0.3 is 9.26 Å². The zero-order chi connectivity index (χ0) is 17.4.